The number of nitrogens with one attached hydrogen (secondary N) is 1. The minimum atomic E-state index is -3.92. The van der Waals surface area contributed by atoms with Crippen molar-refractivity contribution in [2.75, 3.05) is 18.8 Å². The van der Waals surface area contributed by atoms with Crippen molar-refractivity contribution in [2.45, 2.75) is 13.3 Å². The Labute approximate surface area is 65.6 Å². The van der Waals surface area contributed by atoms with E-state index in [1.54, 1.807) is 0 Å². The van der Waals surface area contributed by atoms with Crippen LogP contribution in [0.2, 0.25) is 0 Å². The van der Waals surface area contributed by atoms with E-state index >= 15 is 0 Å². The first-order valence-electron chi connectivity index (χ1n) is 4.37. The third-order valence-electron chi connectivity index (χ3n) is 0.881. The molecule has 5 heteroatoms. The molecular formula is C5H13NO3S. The van der Waals surface area contributed by atoms with Gasteiger partial charge in [-0.15, -0.1) is 0 Å². The first-order valence-corrected chi connectivity index (χ1v) is 4.47. The third-order valence-corrected chi connectivity index (χ3v) is 1.69. The van der Waals surface area contributed by atoms with Crippen molar-refractivity contribution in [2.24, 2.45) is 0 Å². The molecule has 0 radical (unpaired) electrons. The van der Waals surface area contributed by atoms with Crippen molar-refractivity contribution >= 4 is 10.1 Å². The standard InChI is InChI=1S/C5H13NO3S/c1-2-6-4-3-5-10(7,8)9/h6H,2-5H2,1H3,(H,7,8,9)/i1D3. The van der Waals surface area contributed by atoms with E-state index < -0.39 is 17.0 Å². The quantitative estimate of drug-likeness (QED) is 0.445. The molecule has 0 aliphatic carbocycles. The smallest absolute Gasteiger partial charge is 0.264 e. The van der Waals surface area contributed by atoms with Gasteiger partial charge in [-0.25, -0.2) is 0 Å². The van der Waals surface area contributed by atoms with E-state index in [-0.39, 0.29) is 25.3 Å². The van der Waals surface area contributed by atoms with Gasteiger partial charge in [0.05, 0.1) is 5.75 Å². The summed E-state index contributed by atoms with van der Waals surface area (Å²) in [6.07, 6.45) is 0.203. The summed E-state index contributed by atoms with van der Waals surface area (Å²) >= 11 is 0. The van der Waals surface area contributed by atoms with E-state index in [1.807, 2.05) is 0 Å². The predicted octanol–water partition coefficient (Wildman–Crippen LogP) is -0.126. The van der Waals surface area contributed by atoms with E-state index in [0.29, 0.717) is 0 Å². The van der Waals surface area contributed by atoms with Gasteiger partial charge < -0.3 is 5.32 Å². The molecule has 2 N–H and O–H groups in total. The summed E-state index contributed by atoms with van der Waals surface area (Å²) in [5, 5.41) is 2.56. The summed E-state index contributed by atoms with van der Waals surface area (Å²) in [6.45, 7) is -1.94. The first kappa shape index (κ1) is 5.51. The number of hydrogen-bond acceptors (Lipinski definition) is 3. The fourth-order valence-corrected chi connectivity index (χ4v) is 0.977. The van der Waals surface area contributed by atoms with Crippen LogP contribution < -0.4 is 5.32 Å². The molecule has 62 valence electrons. The summed E-state index contributed by atoms with van der Waals surface area (Å²) in [5.41, 5.74) is 0. The van der Waals surface area contributed by atoms with Gasteiger partial charge in [0.15, 0.2) is 0 Å². The van der Waals surface area contributed by atoms with Crippen molar-refractivity contribution in [3.8, 4) is 0 Å². The maximum atomic E-state index is 10.2. The lowest BCUT2D eigenvalue weighted by Gasteiger charge is -1.97. The van der Waals surface area contributed by atoms with Gasteiger partial charge in [-0.2, -0.15) is 8.42 Å². The molecule has 0 saturated heterocycles. The zero-order valence-corrected chi connectivity index (χ0v) is 6.32. The van der Waals surface area contributed by atoms with Gasteiger partial charge in [0.25, 0.3) is 10.1 Å². The van der Waals surface area contributed by atoms with Gasteiger partial charge in [0.2, 0.25) is 0 Å². The maximum absolute atomic E-state index is 10.2. The van der Waals surface area contributed by atoms with Crippen molar-refractivity contribution < 1.29 is 17.1 Å². The van der Waals surface area contributed by atoms with Crippen LogP contribution in [0, 0.1) is 0 Å². The highest BCUT2D eigenvalue weighted by Crippen LogP contribution is 1.85. The normalized spacial score (nSPS) is 17.5. The second-order valence-electron chi connectivity index (χ2n) is 1.82. The van der Waals surface area contributed by atoms with Crippen LogP contribution in [0.1, 0.15) is 17.4 Å². The SMILES string of the molecule is [2H]C([2H])([2H])CNCCCS(=O)(=O)O. The topological polar surface area (TPSA) is 66.4 Å². The number of hydrogen-bond donors (Lipinski definition) is 2. The molecule has 0 heterocycles. The van der Waals surface area contributed by atoms with Gasteiger partial charge in [0.1, 0.15) is 0 Å². The molecule has 0 aromatic heterocycles. The van der Waals surface area contributed by atoms with Crippen molar-refractivity contribution in [1.82, 2.24) is 5.32 Å². The lowest BCUT2D eigenvalue weighted by Crippen LogP contribution is -2.17. The monoisotopic (exact) mass is 170 g/mol. The summed E-state index contributed by atoms with van der Waals surface area (Å²) in [5.74, 6) is -0.346. The second-order valence-corrected chi connectivity index (χ2v) is 3.39. The Kier molecular flexibility index (Phi) is 2.56. The molecule has 0 aromatic carbocycles. The van der Waals surface area contributed by atoms with Crippen LogP contribution in [0.4, 0.5) is 0 Å². The Hall–Kier alpha value is -0.130. The molecule has 0 unspecified atom stereocenters. The molecule has 0 aliphatic rings. The van der Waals surface area contributed by atoms with E-state index in [2.05, 4.69) is 5.32 Å². The molecule has 0 bridgehead atoms. The predicted molar refractivity (Wildman–Crippen MR) is 39.6 cm³/mol. The van der Waals surface area contributed by atoms with Crippen LogP contribution in [-0.4, -0.2) is 31.8 Å². The van der Waals surface area contributed by atoms with E-state index in [0.717, 1.165) is 0 Å². The molecule has 0 rings (SSSR count). The molecule has 0 aliphatic heterocycles. The molecule has 4 nitrogen and oxygen atoms in total. The Morgan fingerprint density at radius 1 is 1.70 bits per heavy atom. The molecular weight excluding hydrogens is 154 g/mol. The Morgan fingerprint density at radius 2 is 2.40 bits per heavy atom. The summed E-state index contributed by atoms with van der Waals surface area (Å²) in [7, 11) is -3.92. The fourth-order valence-electron chi connectivity index (χ4n) is 0.468. The summed E-state index contributed by atoms with van der Waals surface area (Å²) in [6, 6.07) is 0. The zero-order chi connectivity index (χ0) is 10.5. The van der Waals surface area contributed by atoms with Crippen molar-refractivity contribution in [3.63, 3.8) is 0 Å². The highest BCUT2D eigenvalue weighted by Gasteiger charge is 2.01. The average Bonchev–Trinajstić information content (AvgIpc) is 1.81. The Balaban J connectivity index is 3.39. The van der Waals surface area contributed by atoms with Gasteiger partial charge in [-0.3, -0.25) is 4.55 Å². The largest absolute Gasteiger partial charge is 0.317 e. The van der Waals surface area contributed by atoms with Crippen LogP contribution in [0.5, 0.6) is 0 Å². The Bertz CT molecular complexity index is 236. The second kappa shape index (κ2) is 4.65. The molecule has 0 fully saturated rings. The highest BCUT2D eigenvalue weighted by atomic mass is 32.2. The highest BCUT2D eigenvalue weighted by molar-refractivity contribution is 7.85. The van der Waals surface area contributed by atoms with Crippen LogP contribution in [0.25, 0.3) is 0 Å². The molecule has 0 atom stereocenters. The van der Waals surface area contributed by atoms with Gasteiger partial charge in [0, 0.05) is 4.11 Å². The fraction of sp³-hybridized carbons (Fsp3) is 1.00. The summed E-state index contributed by atoms with van der Waals surface area (Å²) < 4.78 is 49.1. The first-order chi connectivity index (χ1) is 5.71. The van der Waals surface area contributed by atoms with E-state index in [4.69, 9.17) is 8.67 Å². The maximum Gasteiger partial charge on any atom is 0.264 e. The van der Waals surface area contributed by atoms with Gasteiger partial charge in [-0.05, 0) is 19.5 Å². The molecule has 0 spiro atoms. The lowest BCUT2D eigenvalue weighted by atomic mass is 10.5. The zero-order valence-electron chi connectivity index (χ0n) is 8.50. The minimum absolute atomic E-state index is 0.154. The van der Waals surface area contributed by atoms with E-state index in [1.165, 1.54) is 0 Å². The molecule has 10 heavy (non-hydrogen) atoms. The van der Waals surface area contributed by atoms with Gasteiger partial charge in [-0.1, -0.05) is 6.85 Å². The van der Waals surface area contributed by atoms with Crippen LogP contribution in [0.15, 0.2) is 0 Å². The minimum Gasteiger partial charge on any atom is -0.317 e. The lowest BCUT2D eigenvalue weighted by molar-refractivity contribution is 0.480. The van der Waals surface area contributed by atoms with E-state index in [9.17, 15) is 8.42 Å². The van der Waals surface area contributed by atoms with Gasteiger partial charge >= 0.3 is 0 Å². The van der Waals surface area contributed by atoms with Crippen LogP contribution >= 0.6 is 0 Å². The molecule has 0 amide bonds. The average molecular weight is 170 g/mol. The molecule has 0 aromatic rings. The Morgan fingerprint density at radius 3 is 2.90 bits per heavy atom. The third kappa shape index (κ3) is 7.87. The van der Waals surface area contributed by atoms with Crippen molar-refractivity contribution in [3.05, 3.63) is 0 Å². The molecule has 0 saturated carbocycles. The van der Waals surface area contributed by atoms with Crippen LogP contribution in [-0.2, 0) is 10.1 Å². The van der Waals surface area contributed by atoms with Crippen molar-refractivity contribution in [1.29, 1.82) is 0 Å². The number of rotatable bonds is 5. The summed E-state index contributed by atoms with van der Waals surface area (Å²) in [4.78, 5) is 0. The van der Waals surface area contributed by atoms with Crippen LogP contribution in [0.3, 0.4) is 0 Å².